The molecule has 20 heavy (non-hydrogen) atoms. The molecule has 110 valence electrons. The van der Waals surface area contributed by atoms with Gasteiger partial charge in [-0.25, -0.2) is 4.79 Å². The van der Waals surface area contributed by atoms with Crippen molar-refractivity contribution in [1.29, 1.82) is 0 Å². The summed E-state index contributed by atoms with van der Waals surface area (Å²) in [5.41, 5.74) is 6.44. The van der Waals surface area contributed by atoms with Crippen LogP contribution in [0.2, 0.25) is 0 Å². The summed E-state index contributed by atoms with van der Waals surface area (Å²) < 4.78 is 5.18. The largest absolute Gasteiger partial charge is 0.445 e. The van der Waals surface area contributed by atoms with Gasteiger partial charge in [0.1, 0.15) is 12.8 Å². The number of hydrogen-bond donors (Lipinski definition) is 3. The number of carbonyl (C=O) groups excluding carboxylic acids is 1. The van der Waals surface area contributed by atoms with E-state index in [1.165, 1.54) is 0 Å². The number of nitrogens with two attached hydrogens (primary N) is 1. The van der Waals surface area contributed by atoms with Crippen molar-refractivity contribution in [2.24, 2.45) is 11.7 Å². The molecule has 1 aromatic rings. The number of nitrogens with one attached hydrogen (secondary N) is 1. The minimum atomic E-state index is -0.749. The van der Waals surface area contributed by atoms with Crippen LogP contribution in [0.4, 0.5) is 4.79 Å². The topological polar surface area (TPSA) is 84.6 Å². The Morgan fingerprint density at radius 2 is 1.95 bits per heavy atom. The van der Waals surface area contributed by atoms with Gasteiger partial charge in [0.2, 0.25) is 0 Å². The van der Waals surface area contributed by atoms with Gasteiger partial charge in [-0.3, -0.25) is 0 Å². The number of rotatable bonds is 4. The standard InChI is InChI=1S/C15H22N2O3/c16-14(18)12-6-8-13(9-7-12)17-15(19)20-10-11-4-2-1-3-5-11/h1-5,12-14,18H,6-10,16H2,(H,17,19). The smallest absolute Gasteiger partial charge is 0.407 e. The Balaban J connectivity index is 1.68. The van der Waals surface area contributed by atoms with Crippen LogP contribution in [-0.2, 0) is 11.3 Å². The zero-order valence-electron chi connectivity index (χ0n) is 11.5. The van der Waals surface area contributed by atoms with Crippen molar-refractivity contribution in [2.45, 2.75) is 44.6 Å². The van der Waals surface area contributed by atoms with E-state index in [4.69, 9.17) is 10.5 Å². The van der Waals surface area contributed by atoms with Crippen molar-refractivity contribution < 1.29 is 14.6 Å². The maximum atomic E-state index is 11.7. The molecule has 1 aliphatic carbocycles. The molecule has 1 unspecified atom stereocenters. The molecule has 1 aliphatic rings. The van der Waals surface area contributed by atoms with Crippen LogP contribution in [0.1, 0.15) is 31.2 Å². The molecule has 2 rings (SSSR count). The second-order valence-electron chi connectivity index (χ2n) is 5.31. The molecule has 0 bridgehead atoms. The number of aliphatic hydroxyl groups is 1. The van der Waals surface area contributed by atoms with Crippen LogP contribution >= 0.6 is 0 Å². The first kappa shape index (κ1) is 14.8. The maximum Gasteiger partial charge on any atom is 0.407 e. The van der Waals surface area contributed by atoms with Gasteiger partial charge in [-0.05, 0) is 37.2 Å². The fraction of sp³-hybridized carbons (Fsp3) is 0.533. The van der Waals surface area contributed by atoms with E-state index >= 15 is 0 Å². The van der Waals surface area contributed by atoms with Crippen LogP contribution in [0.25, 0.3) is 0 Å². The van der Waals surface area contributed by atoms with Gasteiger partial charge in [-0.15, -0.1) is 0 Å². The van der Waals surface area contributed by atoms with Crippen molar-refractivity contribution in [3.8, 4) is 0 Å². The van der Waals surface area contributed by atoms with Crippen molar-refractivity contribution in [1.82, 2.24) is 5.32 Å². The average Bonchev–Trinajstić information content (AvgIpc) is 2.47. The molecule has 5 heteroatoms. The number of aliphatic hydroxyl groups excluding tert-OH is 1. The highest BCUT2D eigenvalue weighted by Gasteiger charge is 2.25. The van der Waals surface area contributed by atoms with Gasteiger partial charge in [-0.1, -0.05) is 30.3 Å². The third-order valence-corrected chi connectivity index (χ3v) is 3.79. The van der Waals surface area contributed by atoms with E-state index in [-0.39, 0.29) is 24.7 Å². The van der Waals surface area contributed by atoms with E-state index in [0.29, 0.717) is 0 Å². The van der Waals surface area contributed by atoms with Crippen LogP contribution in [0.5, 0.6) is 0 Å². The minimum absolute atomic E-state index is 0.119. The van der Waals surface area contributed by atoms with Gasteiger partial charge in [0.25, 0.3) is 0 Å². The van der Waals surface area contributed by atoms with Gasteiger partial charge in [0, 0.05) is 6.04 Å². The molecular weight excluding hydrogens is 256 g/mol. The SMILES string of the molecule is NC(O)C1CCC(NC(=O)OCc2ccccc2)CC1. The number of carbonyl (C=O) groups is 1. The monoisotopic (exact) mass is 278 g/mol. The Hall–Kier alpha value is -1.59. The molecule has 5 nitrogen and oxygen atoms in total. The van der Waals surface area contributed by atoms with E-state index in [0.717, 1.165) is 31.2 Å². The lowest BCUT2D eigenvalue weighted by Crippen LogP contribution is -2.41. The van der Waals surface area contributed by atoms with E-state index in [2.05, 4.69) is 5.32 Å². The summed E-state index contributed by atoms with van der Waals surface area (Å²) in [4.78, 5) is 11.7. The van der Waals surface area contributed by atoms with E-state index in [1.54, 1.807) is 0 Å². The summed E-state index contributed by atoms with van der Waals surface area (Å²) in [6.45, 7) is 0.281. The van der Waals surface area contributed by atoms with Crippen molar-refractivity contribution in [3.05, 3.63) is 35.9 Å². The fourth-order valence-corrected chi connectivity index (χ4v) is 2.54. The highest BCUT2D eigenvalue weighted by Crippen LogP contribution is 2.25. The maximum absolute atomic E-state index is 11.7. The predicted molar refractivity (Wildman–Crippen MR) is 75.7 cm³/mol. The normalized spacial score (nSPS) is 23.9. The van der Waals surface area contributed by atoms with Crippen molar-refractivity contribution >= 4 is 6.09 Å². The van der Waals surface area contributed by atoms with Crippen LogP contribution in [0, 0.1) is 5.92 Å². The third kappa shape index (κ3) is 4.51. The van der Waals surface area contributed by atoms with Crippen LogP contribution < -0.4 is 11.1 Å². The molecule has 0 radical (unpaired) electrons. The summed E-state index contributed by atoms with van der Waals surface area (Å²) in [5, 5.41) is 12.2. The van der Waals surface area contributed by atoms with E-state index in [9.17, 15) is 9.90 Å². The first-order valence-corrected chi connectivity index (χ1v) is 7.06. The first-order valence-electron chi connectivity index (χ1n) is 7.06. The number of ether oxygens (including phenoxy) is 1. The molecular formula is C15H22N2O3. The fourth-order valence-electron chi connectivity index (χ4n) is 2.54. The molecule has 1 fully saturated rings. The summed E-state index contributed by atoms with van der Waals surface area (Å²) in [6, 6.07) is 9.70. The zero-order chi connectivity index (χ0) is 14.4. The highest BCUT2D eigenvalue weighted by molar-refractivity contribution is 5.67. The third-order valence-electron chi connectivity index (χ3n) is 3.79. The molecule has 4 N–H and O–H groups in total. The Morgan fingerprint density at radius 1 is 1.30 bits per heavy atom. The van der Waals surface area contributed by atoms with Crippen molar-refractivity contribution in [2.75, 3.05) is 0 Å². The minimum Gasteiger partial charge on any atom is -0.445 e. The molecule has 0 aliphatic heterocycles. The zero-order valence-corrected chi connectivity index (χ0v) is 11.5. The second-order valence-corrected chi connectivity index (χ2v) is 5.31. The number of hydrogen-bond acceptors (Lipinski definition) is 4. The van der Waals surface area contributed by atoms with Crippen LogP contribution in [0.15, 0.2) is 30.3 Å². The number of alkyl carbamates (subject to hydrolysis) is 1. The van der Waals surface area contributed by atoms with Crippen LogP contribution in [-0.4, -0.2) is 23.5 Å². The molecule has 1 atom stereocenters. The molecule has 0 spiro atoms. The van der Waals surface area contributed by atoms with Gasteiger partial charge in [0.05, 0.1) is 0 Å². The highest BCUT2D eigenvalue weighted by atomic mass is 16.5. The van der Waals surface area contributed by atoms with Crippen molar-refractivity contribution in [3.63, 3.8) is 0 Å². The summed E-state index contributed by atoms with van der Waals surface area (Å²) in [7, 11) is 0. The summed E-state index contributed by atoms with van der Waals surface area (Å²) >= 11 is 0. The van der Waals surface area contributed by atoms with E-state index < -0.39 is 6.23 Å². The Kier molecular flexibility index (Phi) is 5.38. The number of amides is 1. The second kappa shape index (κ2) is 7.26. The average molecular weight is 278 g/mol. The molecule has 0 heterocycles. The Morgan fingerprint density at radius 3 is 2.55 bits per heavy atom. The van der Waals surface area contributed by atoms with E-state index in [1.807, 2.05) is 30.3 Å². The molecule has 0 aromatic heterocycles. The Labute approximate surface area is 119 Å². The number of benzene rings is 1. The molecule has 1 amide bonds. The quantitative estimate of drug-likeness (QED) is 0.733. The lowest BCUT2D eigenvalue weighted by atomic mass is 9.85. The lowest BCUT2D eigenvalue weighted by molar-refractivity contribution is 0.0811. The van der Waals surface area contributed by atoms with Gasteiger partial charge < -0.3 is 20.9 Å². The molecule has 0 saturated heterocycles. The summed E-state index contributed by atoms with van der Waals surface area (Å²) in [6.07, 6.45) is 2.20. The molecule has 1 aromatic carbocycles. The Bertz CT molecular complexity index is 414. The summed E-state index contributed by atoms with van der Waals surface area (Å²) in [5.74, 6) is 0.147. The lowest BCUT2D eigenvalue weighted by Gasteiger charge is -2.30. The van der Waals surface area contributed by atoms with Gasteiger partial charge >= 0.3 is 6.09 Å². The first-order chi connectivity index (χ1) is 9.65. The van der Waals surface area contributed by atoms with Crippen LogP contribution in [0.3, 0.4) is 0 Å². The van der Waals surface area contributed by atoms with Gasteiger partial charge in [0.15, 0.2) is 0 Å². The predicted octanol–water partition coefficient (Wildman–Crippen LogP) is 1.75. The van der Waals surface area contributed by atoms with Gasteiger partial charge in [-0.2, -0.15) is 0 Å². The molecule has 1 saturated carbocycles.